The van der Waals surface area contributed by atoms with Crippen LogP contribution in [-0.2, 0) is 11.2 Å². The average molecular weight is 250 g/mol. The molecule has 0 aromatic carbocycles. The molecule has 0 aliphatic rings. The zero-order chi connectivity index (χ0) is 13.8. The number of alkyl carbamates (subject to hydrolysis) is 1. The van der Waals surface area contributed by atoms with Crippen molar-refractivity contribution in [3.8, 4) is 0 Å². The molecule has 0 bridgehead atoms. The minimum atomic E-state index is -0.456. The summed E-state index contributed by atoms with van der Waals surface area (Å²) >= 11 is 0. The normalized spacial score (nSPS) is 11.2. The molecule has 1 N–H and O–H groups in total. The molecule has 0 fully saturated rings. The van der Waals surface area contributed by atoms with Crippen molar-refractivity contribution in [2.75, 3.05) is 6.54 Å². The SMILES string of the molecule is Cc1cc(C)nc(CCNC(=O)OC(C)(C)C)c1. The third-order valence-corrected chi connectivity index (χ3v) is 2.20. The number of rotatable bonds is 3. The Bertz CT molecular complexity index is 402. The lowest BCUT2D eigenvalue weighted by molar-refractivity contribution is 0.0528. The highest BCUT2D eigenvalue weighted by Gasteiger charge is 2.15. The third kappa shape index (κ3) is 5.66. The zero-order valence-corrected chi connectivity index (χ0v) is 11.8. The van der Waals surface area contributed by atoms with E-state index in [1.165, 1.54) is 5.56 Å². The fourth-order valence-electron chi connectivity index (χ4n) is 1.66. The summed E-state index contributed by atoms with van der Waals surface area (Å²) in [5, 5.41) is 2.73. The van der Waals surface area contributed by atoms with Gasteiger partial charge in [-0.15, -0.1) is 0 Å². The van der Waals surface area contributed by atoms with Crippen LogP contribution in [0.5, 0.6) is 0 Å². The van der Waals surface area contributed by atoms with Crippen molar-refractivity contribution >= 4 is 6.09 Å². The molecule has 0 saturated carbocycles. The molecular formula is C14H22N2O2. The van der Waals surface area contributed by atoms with Gasteiger partial charge < -0.3 is 10.1 Å². The number of carbonyl (C=O) groups is 1. The van der Waals surface area contributed by atoms with Gasteiger partial charge in [-0.1, -0.05) is 0 Å². The van der Waals surface area contributed by atoms with Gasteiger partial charge in [0.05, 0.1) is 0 Å². The maximum atomic E-state index is 11.4. The van der Waals surface area contributed by atoms with Gasteiger partial charge in [-0.25, -0.2) is 4.79 Å². The molecule has 0 atom stereocenters. The van der Waals surface area contributed by atoms with Gasteiger partial charge in [-0.3, -0.25) is 4.98 Å². The number of pyridine rings is 1. The molecule has 4 heteroatoms. The molecule has 0 saturated heterocycles. The highest BCUT2D eigenvalue weighted by atomic mass is 16.6. The Morgan fingerprint density at radius 3 is 2.56 bits per heavy atom. The molecule has 0 aliphatic heterocycles. The molecule has 1 aromatic heterocycles. The van der Waals surface area contributed by atoms with E-state index in [9.17, 15) is 4.79 Å². The van der Waals surface area contributed by atoms with Crippen LogP contribution >= 0.6 is 0 Å². The summed E-state index contributed by atoms with van der Waals surface area (Å²) in [6.45, 7) is 10.1. The van der Waals surface area contributed by atoms with Gasteiger partial charge in [0, 0.05) is 24.4 Å². The maximum absolute atomic E-state index is 11.4. The van der Waals surface area contributed by atoms with Gasteiger partial charge >= 0.3 is 6.09 Å². The van der Waals surface area contributed by atoms with Crippen molar-refractivity contribution in [3.63, 3.8) is 0 Å². The number of ether oxygens (including phenoxy) is 1. The molecule has 1 amide bonds. The van der Waals surface area contributed by atoms with Crippen molar-refractivity contribution in [3.05, 3.63) is 29.1 Å². The number of nitrogens with one attached hydrogen (secondary N) is 1. The Morgan fingerprint density at radius 1 is 1.33 bits per heavy atom. The van der Waals surface area contributed by atoms with Gasteiger partial charge in [0.25, 0.3) is 0 Å². The van der Waals surface area contributed by atoms with E-state index in [0.717, 1.165) is 11.4 Å². The third-order valence-electron chi connectivity index (χ3n) is 2.20. The highest BCUT2D eigenvalue weighted by Crippen LogP contribution is 2.07. The maximum Gasteiger partial charge on any atom is 0.407 e. The van der Waals surface area contributed by atoms with Crippen LogP contribution in [0.3, 0.4) is 0 Å². The van der Waals surface area contributed by atoms with Crippen LogP contribution in [0.15, 0.2) is 12.1 Å². The van der Waals surface area contributed by atoms with E-state index in [1.807, 2.05) is 46.8 Å². The van der Waals surface area contributed by atoms with E-state index in [2.05, 4.69) is 10.3 Å². The molecular weight excluding hydrogens is 228 g/mol. The molecule has 100 valence electrons. The van der Waals surface area contributed by atoms with E-state index in [4.69, 9.17) is 4.74 Å². The molecule has 18 heavy (non-hydrogen) atoms. The Labute approximate surface area is 109 Å². The molecule has 0 radical (unpaired) electrons. The van der Waals surface area contributed by atoms with Crippen LogP contribution in [-0.4, -0.2) is 23.2 Å². The summed E-state index contributed by atoms with van der Waals surface area (Å²) in [6, 6.07) is 4.06. The van der Waals surface area contributed by atoms with Crippen molar-refractivity contribution in [2.45, 2.75) is 46.6 Å². The van der Waals surface area contributed by atoms with Gasteiger partial charge in [0.15, 0.2) is 0 Å². The first kappa shape index (κ1) is 14.5. The van der Waals surface area contributed by atoms with Crippen molar-refractivity contribution in [2.24, 2.45) is 0 Å². The fraction of sp³-hybridized carbons (Fsp3) is 0.571. The number of amides is 1. The largest absolute Gasteiger partial charge is 0.444 e. The standard InChI is InChI=1S/C14H22N2O2/c1-10-8-11(2)16-12(9-10)6-7-15-13(17)18-14(3,4)5/h8-9H,6-7H2,1-5H3,(H,15,17). The summed E-state index contributed by atoms with van der Waals surface area (Å²) in [7, 11) is 0. The molecule has 0 aliphatic carbocycles. The summed E-state index contributed by atoms with van der Waals surface area (Å²) < 4.78 is 5.15. The summed E-state index contributed by atoms with van der Waals surface area (Å²) in [4.78, 5) is 15.8. The molecule has 1 aromatic rings. The second-order valence-electron chi connectivity index (χ2n) is 5.46. The van der Waals surface area contributed by atoms with Crippen LogP contribution in [0.4, 0.5) is 4.79 Å². The number of hydrogen-bond donors (Lipinski definition) is 1. The Balaban J connectivity index is 2.40. The number of hydrogen-bond acceptors (Lipinski definition) is 3. The quantitative estimate of drug-likeness (QED) is 0.897. The molecule has 1 rings (SSSR count). The van der Waals surface area contributed by atoms with Gasteiger partial charge in [-0.2, -0.15) is 0 Å². The minimum absolute atomic E-state index is 0.383. The van der Waals surface area contributed by atoms with Crippen LogP contribution in [0.2, 0.25) is 0 Å². The van der Waals surface area contributed by atoms with Gasteiger partial charge in [0.2, 0.25) is 0 Å². The first-order valence-electron chi connectivity index (χ1n) is 6.17. The second-order valence-corrected chi connectivity index (χ2v) is 5.46. The van der Waals surface area contributed by atoms with Crippen molar-refractivity contribution in [1.82, 2.24) is 10.3 Å². The molecule has 0 unspecified atom stereocenters. The number of carbonyl (C=O) groups excluding carboxylic acids is 1. The first-order valence-corrected chi connectivity index (χ1v) is 6.17. The first-order chi connectivity index (χ1) is 8.26. The van der Waals surface area contributed by atoms with Crippen molar-refractivity contribution in [1.29, 1.82) is 0 Å². The van der Waals surface area contributed by atoms with E-state index in [0.29, 0.717) is 13.0 Å². The summed E-state index contributed by atoms with van der Waals surface area (Å²) in [6.07, 6.45) is 0.328. The van der Waals surface area contributed by atoms with E-state index in [-0.39, 0.29) is 6.09 Å². The minimum Gasteiger partial charge on any atom is -0.444 e. The van der Waals surface area contributed by atoms with Crippen LogP contribution in [0, 0.1) is 13.8 Å². The number of aromatic nitrogens is 1. The lowest BCUT2D eigenvalue weighted by Crippen LogP contribution is -2.33. The van der Waals surface area contributed by atoms with Gasteiger partial charge in [0.1, 0.15) is 5.60 Å². The fourth-order valence-corrected chi connectivity index (χ4v) is 1.66. The van der Waals surface area contributed by atoms with Gasteiger partial charge in [-0.05, 0) is 52.3 Å². The van der Waals surface area contributed by atoms with E-state index < -0.39 is 5.60 Å². The van der Waals surface area contributed by atoms with Crippen LogP contribution in [0.1, 0.15) is 37.7 Å². The average Bonchev–Trinajstić information content (AvgIpc) is 2.12. The smallest absolute Gasteiger partial charge is 0.407 e. The van der Waals surface area contributed by atoms with Crippen molar-refractivity contribution < 1.29 is 9.53 Å². The lowest BCUT2D eigenvalue weighted by Gasteiger charge is -2.19. The predicted molar refractivity (Wildman–Crippen MR) is 71.7 cm³/mol. The second kappa shape index (κ2) is 5.85. The Kier molecular flexibility index (Phi) is 4.70. The zero-order valence-electron chi connectivity index (χ0n) is 11.8. The molecule has 0 spiro atoms. The van der Waals surface area contributed by atoms with Crippen LogP contribution in [0.25, 0.3) is 0 Å². The van der Waals surface area contributed by atoms with Crippen LogP contribution < -0.4 is 5.32 Å². The Hall–Kier alpha value is -1.58. The Morgan fingerprint density at radius 2 is 2.00 bits per heavy atom. The summed E-state index contributed by atoms with van der Waals surface area (Å²) in [5.74, 6) is 0. The van der Waals surface area contributed by atoms with E-state index >= 15 is 0 Å². The molecule has 1 heterocycles. The topological polar surface area (TPSA) is 51.2 Å². The highest BCUT2D eigenvalue weighted by molar-refractivity contribution is 5.67. The predicted octanol–water partition coefficient (Wildman–Crippen LogP) is 2.77. The summed E-state index contributed by atoms with van der Waals surface area (Å²) in [5.41, 5.74) is 2.73. The van der Waals surface area contributed by atoms with E-state index in [1.54, 1.807) is 0 Å². The number of aryl methyl sites for hydroxylation is 2. The monoisotopic (exact) mass is 250 g/mol. The lowest BCUT2D eigenvalue weighted by atomic mass is 10.2. The molecule has 4 nitrogen and oxygen atoms in total. The number of nitrogens with zero attached hydrogens (tertiary/aromatic N) is 1.